The molecule has 1 N–H and O–H groups in total. The minimum Gasteiger partial charge on any atom is -0.378 e. The number of nitrogens with zero attached hydrogens (tertiary/aromatic N) is 7. The fourth-order valence-corrected chi connectivity index (χ4v) is 7.56. The minimum absolute atomic E-state index is 0.238. The van der Waals surface area contributed by atoms with Crippen LogP contribution in [0.3, 0.4) is 0 Å². The molecule has 2 atom stereocenters. The lowest BCUT2D eigenvalue weighted by molar-refractivity contribution is -0.0828. The molecule has 48 heavy (non-hydrogen) atoms. The van der Waals surface area contributed by atoms with Crippen molar-refractivity contribution < 1.29 is 9.53 Å². The highest BCUT2D eigenvalue weighted by Gasteiger charge is 2.36. The number of hydrogen-bond donors (Lipinski definition) is 1. The number of aryl methyl sites for hydroxylation is 3. The van der Waals surface area contributed by atoms with Gasteiger partial charge in [0.25, 0.3) is 11.1 Å². The van der Waals surface area contributed by atoms with Crippen molar-refractivity contribution in [3.8, 4) is 16.9 Å². The van der Waals surface area contributed by atoms with Gasteiger partial charge in [-0.1, -0.05) is 0 Å². The first-order valence-electron chi connectivity index (χ1n) is 16.5. The number of aromatic nitrogens is 5. The van der Waals surface area contributed by atoms with Crippen molar-refractivity contribution in [2.45, 2.75) is 51.2 Å². The monoisotopic (exact) mass is 646 g/mol. The van der Waals surface area contributed by atoms with E-state index in [0.717, 1.165) is 51.3 Å². The van der Waals surface area contributed by atoms with Crippen LogP contribution >= 0.6 is 0 Å². The van der Waals surface area contributed by atoms with Gasteiger partial charge in [-0.3, -0.25) is 23.9 Å². The van der Waals surface area contributed by atoms with Gasteiger partial charge in [0.2, 0.25) is 0 Å². The first-order chi connectivity index (χ1) is 23.3. The number of piperazine rings is 1. The van der Waals surface area contributed by atoms with Crippen molar-refractivity contribution in [2.24, 2.45) is 7.05 Å². The largest absolute Gasteiger partial charge is 0.378 e. The standard InChI is InChI=1S/C36H38N8O4/c1-22-17-44(27-20-48-21-27)23(2)16-43(22)26-7-8-33(38-15-26)39-30-13-25(18-40(3)35(30)46)28-9-10-37-34(29(28)19-45)42-12-11-41-31-6-4-5-24(31)14-32(41)36(42)47/h7-15,18-19,22-23,27H,4-6,16-17,20-21H2,1-3H3,(H,38,39)/t22-,23+/m0/s1. The zero-order chi connectivity index (χ0) is 33.1. The Kier molecular flexibility index (Phi) is 7.49. The number of carbonyl (C=O) groups excluding carboxylic acids is 1. The average molecular weight is 647 g/mol. The van der Waals surface area contributed by atoms with Crippen LogP contribution in [0.4, 0.5) is 17.2 Å². The van der Waals surface area contributed by atoms with Gasteiger partial charge in [-0.05, 0) is 74.6 Å². The smallest absolute Gasteiger partial charge is 0.280 e. The molecule has 5 aromatic rings. The predicted molar refractivity (Wildman–Crippen MR) is 184 cm³/mol. The van der Waals surface area contributed by atoms with E-state index in [2.05, 4.69) is 38.9 Å². The van der Waals surface area contributed by atoms with Gasteiger partial charge >= 0.3 is 0 Å². The average Bonchev–Trinajstić information content (AvgIpc) is 3.67. The molecule has 7 heterocycles. The van der Waals surface area contributed by atoms with Gasteiger partial charge in [0.1, 0.15) is 17.0 Å². The van der Waals surface area contributed by atoms with Crippen LogP contribution in [0.2, 0.25) is 0 Å². The number of anilines is 3. The molecule has 12 heteroatoms. The zero-order valence-corrected chi connectivity index (χ0v) is 27.3. The Labute approximate surface area is 277 Å². The van der Waals surface area contributed by atoms with Gasteiger partial charge in [-0.15, -0.1) is 0 Å². The molecule has 0 spiro atoms. The molecule has 0 aromatic carbocycles. The van der Waals surface area contributed by atoms with E-state index in [9.17, 15) is 14.4 Å². The third-order valence-corrected chi connectivity index (χ3v) is 10.2. The molecule has 12 nitrogen and oxygen atoms in total. The maximum Gasteiger partial charge on any atom is 0.280 e. The molecule has 0 saturated carbocycles. The summed E-state index contributed by atoms with van der Waals surface area (Å²) in [6, 6.07) is 10.5. The number of rotatable bonds is 7. The van der Waals surface area contributed by atoms with Gasteiger partial charge < -0.3 is 23.9 Å². The maximum atomic E-state index is 13.6. The fraction of sp³-hybridized carbons (Fsp3) is 0.361. The summed E-state index contributed by atoms with van der Waals surface area (Å²) in [5.41, 5.74) is 5.21. The van der Waals surface area contributed by atoms with E-state index >= 15 is 0 Å². The second kappa shape index (κ2) is 11.9. The highest BCUT2D eigenvalue weighted by Crippen LogP contribution is 2.30. The van der Waals surface area contributed by atoms with Crippen molar-refractivity contribution in [3.63, 3.8) is 0 Å². The molecule has 2 fully saturated rings. The second-order valence-corrected chi connectivity index (χ2v) is 13.2. The van der Waals surface area contributed by atoms with E-state index in [-0.39, 0.29) is 22.5 Å². The lowest BCUT2D eigenvalue weighted by Gasteiger charge is -2.50. The second-order valence-electron chi connectivity index (χ2n) is 13.2. The number of aldehydes is 1. The summed E-state index contributed by atoms with van der Waals surface area (Å²) >= 11 is 0. The van der Waals surface area contributed by atoms with Crippen LogP contribution in [0.5, 0.6) is 0 Å². The summed E-state index contributed by atoms with van der Waals surface area (Å²) in [6.45, 7) is 7.98. The highest BCUT2D eigenvalue weighted by atomic mass is 16.5. The molecule has 1 aliphatic carbocycles. The summed E-state index contributed by atoms with van der Waals surface area (Å²) in [5.74, 6) is 0.770. The summed E-state index contributed by atoms with van der Waals surface area (Å²) in [6.07, 6.45) is 12.3. The van der Waals surface area contributed by atoms with E-state index in [1.54, 1.807) is 37.8 Å². The van der Waals surface area contributed by atoms with Gasteiger partial charge in [0.05, 0.1) is 36.7 Å². The number of pyridine rings is 3. The van der Waals surface area contributed by atoms with E-state index in [0.29, 0.717) is 52.6 Å². The predicted octanol–water partition coefficient (Wildman–Crippen LogP) is 3.59. The molecule has 246 valence electrons. The molecule has 0 bridgehead atoms. The van der Waals surface area contributed by atoms with Crippen molar-refractivity contribution in [3.05, 3.63) is 98.8 Å². The van der Waals surface area contributed by atoms with Crippen molar-refractivity contribution in [2.75, 3.05) is 36.5 Å². The first kappa shape index (κ1) is 30.3. The molecule has 2 aliphatic heterocycles. The lowest BCUT2D eigenvalue weighted by atomic mass is 10.0. The van der Waals surface area contributed by atoms with Crippen LogP contribution in [-0.2, 0) is 24.6 Å². The Bertz CT molecular complexity index is 2160. The Morgan fingerprint density at radius 1 is 0.979 bits per heavy atom. The van der Waals surface area contributed by atoms with Crippen LogP contribution in [0, 0.1) is 0 Å². The van der Waals surface area contributed by atoms with Crippen molar-refractivity contribution in [1.29, 1.82) is 0 Å². The van der Waals surface area contributed by atoms with Gasteiger partial charge in [0, 0.05) is 68.3 Å². The molecule has 0 radical (unpaired) electrons. The van der Waals surface area contributed by atoms with Crippen molar-refractivity contribution in [1.82, 2.24) is 28.4 Å². The third kappa shape index (κ3) is 5.03. The quantitative estimate of drug-likeness (QED) is 0.265. The van der Waals surface area contributed by atoms with Crippen molar-refractivity contribution >= 4 is 29.0 Å². The topological polar surface area (TPSA) is 119 Å². The van der Waals surface area contributed by atoms with Gasteiger partial charge in [-0.25, -0.2) is 9.97 Å². The van der Waals surface area contributed by atoms with Crippen LogP contribution in [0.1, 0.15) is 41.9 Å². The molecular formula is C36H38N8O4. The molecule has 2 saturated heterocycles. The molecular weight excluding hydrogens is 608 g/mol. The Balaban J connectivity index is 1.08. The summed E-state index contributed by atoms with van der Waals surface area (Å²) in [4.78, 5) is 53.6. The molecule has 8 rings (SSSR count). The third-order valence-electron chi connectivity index (χ3n) is 10.2. The Hall–Kier alpha value is -5.07. The number of carbonyl (C=O) groups is 1. The van der Waals surface area contributed by atoms with Crippen LogP contribution in [0.25, 0.3) is 22.5 Å². The summed E-state index contributed by atoms with van der Waals surface area (Å²) in [7, 11) is 1.67. The van der Waals surface area contributed by atoms with E-state index < -0.39 is 0 Å². The number of hydrogen-bond acceptors (Lipinski definition) is 9. The molecule has 0 amide bonds. The first-order valence-corrected chi connectivity index (χ1v) is 16.5. The summed E-state index contributed by atoms with van der Waals surface area (Å²) in [5, 5.41) is 3.20. The zero-order valence-electron chi connectivity index (χ0n) is 27.3. The maximum absolute atomic E-state index is 13.6. The minimum atomic E-state index is -0.243. The lowest BCUT2D eigenvalue weighted by Crippen LogP contribution is -2.63. The normalized spacial score (nSPS) is 19.8. The molecule has 5 aromatic heterocycles. The SMILES string of the molecule is C[C@@H]1CN(c2ccc(Nc3cc(-c4ccnc(-n5ccn6c7c(cc6c5=O)CCC7)c4C=O)cn(C)c3=O)nc2)[C@@H](C)CN1C1COC1. The molecule has 3 aliphatic rings. The van der Waals surface area contributed by atoms with Gasteiger partial charge in [-0.2, -0.15) is 0 Å². The van der Waals surface area contributed by atoms with E-state index in [4.69, 9.17) is 4.74 Å². The van der Waals surface area contributed by atoms with Crippen LogP contribution in [0.15, 0.2) is 70.9 Å². The Morgan fingerprint density at radius 3 is 2.58 bits per heavy atom. The Morgan fingerprint density at radius 2 is 1.83 bits per heavy atom. The van der Waals surface area contributed by atoms with Gasteiger partial charge in [0.15, 0.2) is 12.1 Å². The van der Waals surface area contributed by atoms with Crippen LogP contribution in [-0.4, -0.2) is 79.1 Å². The number of fused-ring (bicyclic) bond motifs is 3. The highest BCUT2D eigenvalue weighted by molar-refractivity contribution is 5.91. The van der Waals surface area contributed by atoms with Crippen LogP contribution < -0.4 is 21.3 Å². The molecule has 0 unspecified atom stereocenters. The summed E-state index contributed by atoms with van der Waals surface area (Å²) < 4.78 is 10.3. The number of ether oxygens (including phenoxy) is 1. The number of nitrogens with one attached hydrogen (secondary N) is 1. The fourth-order valence-electron chi connectivity index (χ4n) is 7.56. The van der Waals surface area contributed by atoms with E-state index in [1.807, 2.05) is 35.0 Å². The van der Waals surface area contributed by atoms with E-state index in [1.165, 1.54) is 20.4 Å².